The summed E-state index contributed by atoms with van der Waals surface area (Å²) in [5, 5.41) is 0. The molecule has 0 spiro atoms. The highest BCUT2D eigenvalue weighted by molar-refractivity contribution is 8.00. The van der Waals surface area contributed by atoms with Crippen molar-refractivity contribution in [2.24, 2.45) is 0 Å². The molecule has 2 aromatic carbocycles. The Balaban J connectivity index is 1.89. The molecule has 0 aliphatic heterocycles. The third-order valence-corrected chi connectivity index (χ3v) is 5.64. The summed E-state index contributed by atoms with van der Waals surface area (Å²) in [4.78, 5) is 2.71. The highest BCUT2D eigenvalue weighted by atomic mass is 32.2. The summed E-state index contributed by atoms with van der Waals surface area (Å²) in [6, 6.07) is 18.1. The minimum absolute atomic E-state index is 0.272. The van der Waals surface area contributed by atoms with Gasteiger partial charge in [0.1, 0.15) is 0 Å². The number of hydrogen-bond acceptors (Lipinski definition) is 2. The van der Waals surface area contributed by atoms with Crippen LogP contribution >= 0.6 is 23.5 Å². The first-order chi connectivity index (χ1) is 11.1. The Morgan fingerprint density at radius 3 is 1.08 bits per heavy atom. The monoisotopic (exact) mass is 358 g/mol. The fourth-order valence-electron chi connectivity index (χ4n) is 2.44. The van der Waals surface area contributed by atoms with E-state index in [-0.39, 0.29) is 9.49 Å². The van der Waals surface area contributed by atoms with E-state index in [9.17, 15) is 0 Å². The van der Waals surface area contributed by atoms with E-state index in [0.29, 0.717) is 0 Å². The molecule has 2 rings (SSSR count). The number of hydrogen-bond donors (Lipinski definition) is 0. The van der Waals surface area contributed by atoms with E-state index in [2.05, 4.69) is 90.1 Å². The number of aryl methyl sites for hydroxylation is 2. The predicted octanol–water partition coefficient (Wildman–Crippen LogP) is 7.25. The van der Waals surface area contributed by atoms with Gasteiger partial charge in [0.15, 0.2) is 0 Å². The number of benzene rings is 2. The Morgan fingerprint density at radius 2 is 0.833 bits per heavy atom. The van der Waals surface area contributed by atoms with Gasteiger partial charge in [-0.3, -0.25) is 0 Å². The van der Waals surface area contributed by atoms with Crippen LogP contribution in [0.15, 0.2) is 58.3 Å². The van der Waals surface area contributed by atoms with Crippen LogP contribution in [0, 0.1) is 0 Å². The Kier molecular flexibility index (Phi) is 6.50. The Labute approximate surface area is 156 Å². The highest BCUT2D eigenvalue weighted by Crippen LogP contribution is 2.33. The van der Waals surface area contributed by atoms with Crippen molar-refractivity contribution < 1.29 is 0 Å². The summed E-state index contributed by atoms with van der Waals surface area (Å²) in [6.45, 7) is 13.5. The molecule has 0 unspecified atom stereocenters. The van der Waals surface area contributed by atoms with Crippen molar-refractivity contribution in [3.05, 3.63) is 59.7 Å². The van der Waals surface area contributed by atoms with Crippen LogP contribution in [-0.4, -0.2) is 9.49 Å². The van der Waals surface area contributed by atoms with Gasteiger partial charge in [0.25, 0.3) is 0 Å². The second-order valence-electron chi connectivity index (χ2n) is 8.22. The van der Waals surface area contributed by atoms with Crippen molar-refractivity contribution in [2.75, 3.05) is 0 Å². The van der Waals surface area contributed by atoms with Crippen molar-refractivity contribution in [1.82, 2.24) is 0 Å². The van der Waals surface area contributed by atoms with Crippen LogP contribution in [0.5, 0.6) is 0 Å². The molecule has 0 aliphatic rings. The maximum absolute atomic E-state index is 2.28. The molecule has 0 saturated carbocycles. The first-order valence-electron chi connectivity index (χ1n) is 8.67. The normalized spacial score (nSPS) is 12.4. The van der Waals surface area contributed by atoms with Crippen LogP contribution in [0.4, 0.5) is 0 Å². The van der Waals surface area contributed by atoms with Gasteiger partial charge in [-0.1, -0.05) is 65.8 Å². The molecule has 0 nitrogen and oxygen atoms in total. The third-order valence-electron chi connectivity index (χ3n) is 3.40. The smallest absolute Gasteiger partial charge is 0.0122 e. The largest absolute Gasteiger partial charge is 0.120 e. The number of thioether (sulfide) groups is 2. The zero-order valence-electron chi connectivity index (χ0n) is 15.8. The van der Waals surface area contributed by atoms with E-state index >= 15 is 0 Å². The van der Waals surface area contributed by atoms with Gasteiger partial charge in [-0.15, -0.1) is 23.5 Å². The van der Waals surface area contributed by atoms with Crippen LogP contribution in [0.25, 0.3) is 0 Å². The number of rotatable bonds is 5. The third kappa shape index (κ3) is 7.36. The molecule has 24 heavy (non-hydrogen) atoms. The molecular formula is C22H30S2. The maximum Gasteiger partial charge on any atom is 0.0122 e. The summed E-state index contributed by atoms with van der Waals surface area (Å²) in [5.74, 6) is 0. The minimum Gasteiger partial charge on any atom is -0.120 e. The minimum atomic E-state index is 0.272. The summed E-state index contributed by atoms with van der Waals surface area (Å²) in [6.07, 6.45) is 2.21. The summed E-state index contributed by atoms with van der Waals surface area (Å²) >= 11 is 3.86. The van der Waals surface area contributed by atoms with Gasteiger partial charge in [-0.05, 0) is 48.2 Å². The van der Waals surface area contributed by atoms with Crippen LogP contribution < -0.4 is 0 Å². The molecule has 0 atom stereocenters. The molecule has 0 bridgehead atoms. The second kappa shape index (κ2) is 8.01. The zero-order valence-corrected chi connectivity index (χ0v) is 17.5. The molecule has 0 aromatic heterocycles. The second-order valence-corrected chi connectivity index (χ2v) is 12.0. The first kappa shape index (κ1) is 19.5. The molecule has 0 aliphatic carbocycles. The zero-order chi connectivity index (χ0) is 17.8. The fourth-order valence-corrected chi connectivity index (χ4v) is 4.40. The lowest BCUT2D eigenvalue weighted by Gasteiger charge is -2.18. The average molecular weight is 359 g/mol. The Morgan fingerprint density at radius 1 is 0.542 bits per heavy atom. The highest BCUT2D eigenvalue weighted by Gasteiger charge is 2.12. The molecule has 0 amide bonds. The molecule has 0 saturated heterocycles. The van der Waals surface area contributed by atoms with E-state index in [1.165, 1.54) is 20.9 Å². The van der Waals surface area contributed by atoms with Gasteiger partial charge in [-0.2, -0.15) is 0 Å². The quantitative estimate of drug-likeness (QED) is 0.516. The SMILES string of the molecule is CC(C)(C)Sc1ccc(CCc2ccc(SC(C)(C)C)cc2)cc1. The Bertz CT molecular complexity index is 566. The van der Waals surface area contributed by atoms with Crippen LogP contribution in [0.2, 0.25) is 0 Å². The van der Waals surface area contributed by atoms with Crippen LogP contribution in [0.1, 0.15) is 52.7 Å². The molecule has 0 fully saturated rings. The Hall–Kier alpha value is -0.860. The lowest BCUT2D eigenvalue weighted by Crippen LogP contribution is -2.06. The summed E-state index contributed by atoms with van der Waals surface area (Å²) < 4.78 is 0.544. The molecule has 130 valence electrons. The fraction of sp³-hybridized carbons (Fsp3) is 0.455. The topological polar surface area (TPSA) is 0 Å². The van der Waals surface area contributed by atoms with E-state index in [1.807, 2.05) is 23.5 Å². The van der Waals surface area contributed by atoms with Gasteiger partial charge < -0.3 is 0 Å². The van der Waals surface area contributed by atoms with Crippen LogP contribution in [0.3, 0.4) is 0 Å². The molecule has 2 aromatic rings. The van der Waals surface area contributed by atoms with Gasteiger partial charge in [0.05, 0.1) is 0 Å². The van der Waals surface area contributed by atoms with Gasteiger partial charge in [0.2, 0.25) is 0 Å². The van der Waals surface area contributed by atoms with E-state index in [1.54, 1.807) is 0 Å². The average Bonchev–Trinajstić information content (AvgIpc) is 2.45. The van der Waals surface area contributed by atoms with Crippen molar-refractivity contribution >= 4 is 23.5 Å². The van der Waals surface area contributed by atoms with Crippen molar-refractivity contribution in [3.63, 3.8) is 0 Å². The van der Waals surface area contributed by atoms with Crippen molar-refractivity contribution in [3.8, 4) is 0 Å². The van der Waals surface area contributed by atoms with Gasteiger partial charge in [-0.25, -0.2) is 0 Å². The van der Waals surface area contributed by atoms with Crippen LogP contribution in [-0.2, 0) is 12.8 Å². The maximum atomic E-state index is 2.28. The van der Waals surface area contributed by atoms with E-state index in [4.69, 9.17) is 0 Å². The molecule has 0 radical (unpaired) electrons. The summed E-state index contributed by atoms with van der Waals surface area (Å²) in [5.41, 5.74) is 2.84. The van der Waals surface area contributed by atoms with E-state index < -0.39 is 0 Å². The first-order valence-corrected chi connectivity index (χ1v) is 10.3. The van der Waals surface area contributed by atoms with Gasteiger partial charge in [0, 0.05) is 19.3 Å². The molecule has 2 heteroatoms. The summed E-state index contributed by atoms with van der Waals surface area (Å²) in [7, 11) is 0. The standard InChI is InChI=1S/C22H30S2/c1-21(2,3)23-19-13-9-17(10-14-19)7-8-18-11-15-20(16-12-18)24-22(4,5)6/h9-16H,7-8H2,1-6H3. The predicted molar refractivity (Wildman–Crippen MR) is 112 cm³/mol. The molecule has 0 N–H and O–H groups in total. The van der Waals surface area contributed by atoms with Crippen molar-refractivity contribution in [1.29, 1.82) is 0 Å². The van der Waals surface area contributed by atoms with E-state index in [0.717, 1.165) is 12.8 Å². The van der Waals surface area contributed by atoms with Crippen molar-refractivity contribution in [2.45, 2.75) is 73.7 Å². The molecule has 0 heterocycles. The van der Waals surface area contributed by atoms with Gasteiger partial charge >= 0.3 is 0 Å². The lowest BCUT2D eigenvalue weighted by molar-refractivity contribution is 0.802. The molecular weight excluding hydrogens is 328 g/mol. The lowest BCUT2D eigenvalue weighted by atomic mass is 10.0.